The summed E-state index contributed by atoms with van der Waals surface area (Å²) in [7, 11) is 0. The molecule has 3 heterocycles. The molecule has 7 aromatic rings. The SMILES string of the molecule is C1=CC2Oc3c(-c4ccccc4)cc(-c4ccccc4)cc3C2C(c2nc(-c3ccccc3)c3oc4ccccc4c3n2)=C1. The van der Waals surface area contributed by atoms with Gasteiger partial charge >= 0.3 is 0 Å². The summed E-state index contributed by atoms with van der Waals surface area (Å²) in [5, 5.41) is 0.979. The molecule has 0 fully saturated rings. The molecule has 9 rings (SSSR count). The van der Waals surface area contributed by atoms with Crippen molar-refractivity contribution in [1.29, 1.82) is 0 Å². The molecule has 2 aliphatic rings. The zero-order chi connectivity index (χ0) is 29.0. The second-order valence-corrected chi connectivity index (χ2v) is 11.3. The smallest absolute Gasteiger partial charge is 0.180 e. The molecular formula is C40H26N2O2. The summed E-state index contributed by atoms with van der Waals surface area (Å²) in [5.41, 5.74) is 10.8. The van der Waals surface area contributed by atoms with Gasteiger partial charge in [-0.1, -0.05) is 115 Å². The van der Waals surface area contributed by atoms with Crippen molar-refractivity contribution in [2.24, 2.45) is 0 Å². The van der Waals surface area contributed by atoms with E-state index < -0.39 is 0 Å². The normalized spacial score (nSPS) is 16.9. The maximum absolute atomic E-state index is 6.79. The molecule has 2 aromatic heterocycles. The first-order valence-electron chi connectivity index (χ1n) is 14.9. The second kappa shape index (κ2) is 9.92. The standard InChI is InChI=1S/C40H26N2O2/c1-4-13-25(14-5-1)28-23-31(26-15-6-2-7-16-26)38-32(24-28)35-30(20-12-22-34(35)44-38)40-41-36(27-17-8-3-9-18-27)39-37(42-40)29-19-10-11-21-33(29)43-39/h1-24,34-35H. The van der Waals surface area contributed by atoms with Gasteiger partial charge in [0.2, 0.25) is 0 Å². The highest BCUT2D eigenvalue weighted by molar-refractivity contribution is 6.07. The zero-order valence-electron chi connectivity index (χ0n) is 23.7. The van der Waals surface area contributed by atoms with Crippen LogP contribution in [0, 0.1) is 0 Å². The highest BCUT2D eigenvalue weighted by Gasteiger charge is 2.40. The Bertz CT molecular complexity index is 2250. The van der Waals surface area contributed by atoms with E-state index in [9.17, 15) is 0 Å². The van der Waals surface area contributed by atoms with Gasteiger partial charge in [0, 0.05) is 27.6 Å². The van der Waals surface area contributed by atoms with Crippen molar-refractivity contribution in [3.63, 3.8) is 0 Å². The van der Waals surface area contributed by atoms with Crippen molar-refractivity contribution in [2.45, 2.75) is 12.0 Å². The first-order chi connectivity index (χ1) is 21.8. The maximum Gasteiger partial charge on any atom is 0.180 e. The molecule has 1 aliphatic carbocycles. The third kappa shape index (κ3) is 3.92. The highest BCUT2D eigenvalue weighted by atomic mass is 16.5. The number of allylic oxidation sites excluding steroid dienone is 2. The topological polar surface area (TPSA) is 48.2 Å². The summed E-state index contributed by atoms with van der Waals surface area (Å²) >= 11 is 0. The van der Waals surface area contributed by atoms with Gasteiger partial charge in [-0.2, -0.15) is 0 Å². The van der Waals surface area contributed by atoms with Gasteiger partial charge < -0.3 is 9.15 Å². The van der Waals surface area contributed by atoms with Crippen molar-refractivity contribution >= 4 is 27.6 Å². The molecule has 4 heteroatoms. The molecule has 0 bridgehead atoms. The van der Waals surface area contributed by atoms with Crippen LogP contribution in [0.2, 0.25) is 0 Å². The van der Waals surface area contributed by atoms with Crippen molar-refractivity contribution < 1.29 is 9.15 Å². The van der Waals surface area contributed by atoms with E-state index in [4.69, 9.17) is 19.1 Å². The fraction of sp³-hybridized carbons (Fsp3) is 0.0500. The Morgan fingerprint density at radius 1 is 0.614 bits per heavy atom. The Labute approximate surface area is 254 Å². The lowest BCUT2D eigenvalue weighted by Gasteiger charge is -2.22. The first-order valence-corrected chi connectivity index (χ1v) is 14.9. The van der Waals surface area contributed by atoms with Crippen LogP contribution in [0.1, 0.15) is 17.3 Å². The van der Waals surface area contributed by atoms with E-state index in [1.165, 1.54) is 5.56 Å². The summed E-state index contributed by atoms with van der Waals surface area (Å²) in [6.45, 7) is 0. The number of ether oxygens (including phenoxy) is 1. The van der Waals surface area contributed by atoms with Gasteiger partial charge in [0.1, 0.15) is 28.6 Å². The zero-order valence-corrected chi connectivity index (χ0v) is 23.7. The van der Waals surface area contributed by atoms with Crippen LogP contribution in [-0.2, 0) is 0 Å². The maximum atomic E-state index is 6.79. The Hall–Kier alpha value is -5.74. The number of nitrogens with zero attached hydrogens (tertiary/aromatic N) is 2. The van der Waals surface area contributed by atoms with Gasteiger partial charge in [0.15, 0.2) is 11.4 Å². The van der Waals surface area contributed by atoms with E-state index in [-0.39, 0.29) is 12.0 Å². The minimum absolute atomic E-state index is 0.0691. The van der Waals surface area contributed by atoms with Gasteiger partial charge in [0.25, 0.3) is 0 Å². The molecule has 0 saturated heterocycles. The van der Waals surface area contributed by atoms with E-state index in [1.807, 2.05) is 42.5 Å². The third-order valence-corrected chi connectivity index (χ3v) is 8.66. The number of aromatic nitrogens is 2. The van der Waals surface area contributed by atoms with Crippen LogP contribution in [0.25, 0.3) is 61.2 Å². The number of para-hydroxylation sites is 1. The molecule has 0 spiro atoms. The van der Waals surface area contributed by atoms with Crippen LogP contribution in [0.4, 0.5) is 0 Å². The molecule has 1 aliphatic heterocycles. The van der Waals surface area contributed by atoms with E-state index in [0.29, 0.717) is 11.4 Å². The van der Waals surface area contributed by atoms with Gasteiger partial charge in [-0.05, 0) is 47.0 Å². The van der Waals surface area contributed by atoms with Crippen LogP contribution >= 0.6 is 0 Å². The van der Waals surface area contributed by atoms with E-state index in [0.717, 1.165) is 61.3 Å². The molecule has 2 unspecified atom stereocenters. The molecule has 4 nitrogen and oxygen atoms in total. The number of rotatable bonds is 4. The summed E-state index contributed by atoms with van der Waals surface area (Å²) in [6.07, 6.45) is 6.20. The molecule has 44 heavy (non-hydrogen) atoms. The molecule has 2 atom stereocenters. The third-order valence-electron chi connectivity index (χ3n) is 8.66. The second-order valence-electron chi connectivity index (χ2n) is 11.3. The van der Waals surface area contributed by atoms with E-state index >= 15 is 0 Å². The Morgan fingerprint density at radius 2 is 1.30 bits per heavy atom. The predicted octanol–water partition coefficient (Wildman–Crippen LogP) is 9.87. The summed E-state index contributed by atoms with van der Waals surface area (Å²) in [5.74, 6) is 1.53. The number of hydrogen-bond acceptors (Lipinski definition) is 4. The number of benzene rings is 5. The van der Waals surface area contributed by atoms with E-state index in [1.54, 1.807) is 0 Å². The van der Waals surface area contributed by atoms with Gasteiger partial charge in [-0.25, -0.2) is 9.97 Å². The molecule has 0 N–H and O–H groups in total. The highest BCUT2D eigenvalue weighted by Crippen LogP contribution is 2.52. The Morgan fingerprint density at radius 3 is 2.07 bits per heavy atom. The summed E-state index contributed by atoms with van der Waals surface area (Å²) < 4.78 is 13.2. The first kappa shape index (κ1) is 24.8. The molecule has 0 saturated carbocycles. The Balaban J connectivity index is 1.28. The fourth-order valence-electron chi connectivity index (χ4n) is 6.62. The van der Waals surface area contributed by atoms with Crippen molar-refractivity contribution in [1.82, 2.24) is 9.97 Å². The predicted molar refractivity (Wildman–Crippen MR) is 176 cm³/mol. The summed E-state index contributed by atoms with van der Waals surface area (Å²) in [6, 6.07) is 43.9. The molecular weight excluding hydrogens is 540 g/mol. The van der Waals surface area contributed by atoms with Gasteiger partial charge in [-0.15, -0.1) is 0 Å². The fourth-order valence-corrected chi connectivity index (χ4v) is 6.62. The van der Waals surface area contributed by atoms with Crippen LogP contribution in [-0.4, -0.2) is 16.1 Å². The minimum Gasteiger partial charge on any atom is -0.484 e. The van der Waals surface area contributed by atoms with Crippen molar-refractivity contribution in [2.75, 3.05) is 0 Å². The van der Waals surface area contributed by atoms with Crippen LogP contribution in [0.3, 0.4) is 0 Å². The number of furan rings is 1. The molecule has 5 aromatic carbocycles. The lowest BCUT2D eigenvalue weighted by Crippen LogP contribution is -2.20. The quantitative estimate of drug-likeness (QED) is 0.213. The monoisotopic (exact) mass is 566 g/mol. The number of hydrogen-bond donors (Lipinski definition) is 0. The molecule has 0 radical (unpaired) electrons. The Kier molecular flexibility index (Phi) is 5.60. The van der Waals surface area contributed by atoms with Crippen molar-refractivity contribution in [3.05, 3.63) is 157 Å². The molecule has 208 valence electrons. The van der Waals surface area contributed by atoms with E-state index in [2.05, 4.69) is 103 Å². The lowest BCUT2D eigenvalue weighted by atomic mass is 9.82. The van der Waals surface area contributed by atoms with Crippen molar-refractivity contribution in [3.8, 4) is 39.3 Å². The minimum atomic E-state index is -0.168. The molecule has 0 amide bonds. The van der Waals surface area contributed by atoms with Gasteiger partial charge in [0.05, 0.1) is 5.92 Å². The largest absolute Gasteiger partial charge is 0.484 e. The number of fused-ring (bicyclic) bond motifs is 6. The lowest BCUT2D eigenvalue weighted by molar-refractivity contribution is 0.272. The van der Waals surface area contributed by atoms with Crippen LogP contribution in [0.15, 0.2) is 150 Å². The summed E-state index contributed by atoms with van der Waals surface area (Å²) in [4.78, 5) is 10.4. The van der Waals surface area contributed by atoms with Gasteiger partial charge in [-0.3, -0.25) is 0 Å². The average Bonchev–Trinajstić information content (AvgIpc) is 3.67. The van der Waals surface area contributed by atoms with Crippen LogP contribution in [0.5, 0.6) is 5.75 Å². The van der Waals surface area contributed by atoms with Crippen LogP contribution < -0.4 is 4.74 Å². The average molecular weight is 567 g/mol.